The third-order valence-corrected chi connectivity index (χ3v) is 5.75. The number of piperidine rings is 1. The SMILES string of the molecule is Cc1cc2c(cc1C(=O)N(C(C)C)[C@@H]1CCCN(C(=O)O)C1)N(N)C(=O)C(C)(C)O2. The number of fused-ring (bicyclic) bond motifs is 1. The molecule has 30 heavy (non-hydrogen) atoms. The van der Waals surface area contributed by atoms with Crippen LogP contribution in [0.3, 0.4) is 0 Å². The summed E-state index contributed by atoms with van der Waals surface area (Å²) in [7, 11) is 0. The second kappa shape index (κ2) is 7.79. The highest BCUT2D eigenvalue weighted by molar-refractivity contribution is 6.04. The van der Waals surface area contributed by atoms with Crippen LogP contribution in [0.25, 0.3) is 0 Å². The molecule has 1 saturated heterocycles. The van der Waals surface area contributed by atoms with Crippen molar-refractivity contribution >= 4 is 23.6 Å². The van der Waals surface area contributed by atoms with E-state index in [0.717, 1.165) is 11.4 Å². The van der Waals surface area contributed by atoms with E-state index in [1.165, 1.54) is 4.90 Å². The number of amides is 3. The Morgan fingerprint density at radius 2 is 2.00 bits per heavy atom. The standard InChI is InChI=1S/C21H30N4O5/c1-12(2)24(14-7-6-8-23(11-14)20(28)29)18(26)15-10-16-17(9-13(15)3)30-21(4,5)19(27)25(16)22/h9-10,12,14H,6-8,11,22H2,1-5H3,(H,28,29)/t14-/m1/s1. The van der Waals surface area contributed by atoms with Gasteiger partial charge in [-0.1, -0.05) is 0 Å². The molecule has 164 valence electrons. The molecule has 0 unspecified atom stereocenters. The second-order valence-electron chi connectivity index (χ2n) is 8.75. The molecule has 0 spiro atoms. The van der Waals surface area contributed by atoms with Crippen molar-refractivity contribution in [1.29, 1.82) is 0 Å². The highest BCUT2D eigenvalue weighted by Crippen LogP contribution is 2.38. The van der Waals surface area contributed by atoms with E-state index in [1.54, 1.807) is 30.9 Å². The maximum absolute atomic E-state index is 13.6. The molecule has 0 aliphatic carbocycles. The van der Waals surface area contributed by atoms with Crippen LogP contribution in [0.5, 0.6) is 5.75 Å². The first kappa shape index (κ1) is 21.9. The van der Waals surface area contributed by atoms with Gasteiger partial charge < -0.3 is 19.6 Å². The molecular formula is C21H30N4O5. The number of hydrogen-bond acceptors (Lipinski definition) is 5. The van der Waals surface area contributed by atoms with Crippen LogP contribution in [0.2, 0.25) is 0 Å². The summed E-state index contributed by atoms with van der Waals surface area (Å²) in [5.41, 5.74) is 0.370. The summed E-state index contributed by atoms with van der Waals surface area (Å²) < 4.78 is 5.81. The molecule has 1 aromatic carbocycles. The predicted octanol–water partition coefficient (Wildman–Crippen LogP) is 2.37. The van der Waals surface area contributed by atoms with Crippen molar-refractivity contribution in [2.24, 2.45) is 5.84 Å². The monoisotopic (exact) mass is 418 g/mol. The quantitative estimate of drug-likeness (QED) is 0.575. The maximum Gasteiger partial charge on any atom is 0.407 e. The number of carbonyl (C=O) groups is 3. The van der Waals surface area contributed by atoms with Gasteiger partial charge in [-0.05, 0) is 65.2 Å². The van der Waals surface area contributed by atoms with Crippen LogP contribution in [0.15, 0.2) is 12.1 Å². The normalized spacial score (nSPS) is 20.6. The lowest BCUT2D eigenvalue weighted by Gasteiger charge is -2.41. The zero-order valence-corrected chi connectivity index (χ0v) is 18.1. The van der Waals surface area contributed by atoms with Gasteiger partial charge in [0.1, 0.15) is 11.4 Å². The van der Waals surface area contributed by atoms with Crippen molar-refractivity contribution in [3.63, 3.8) is 0 Å². The Labute approximate surface area is 176 Å². The summed E-state index contributed by atoms with van der Waals surface area (Å²) in [5, 5.41) is 10.4. The Kier molecular flexibility index (Phi) is 5.68. The van der Waals surface area contributed by atoms with Crippen molar-refractivity contribution in [2.75, 3.05) is 18.1 Å². The highest BCUT2D eigenvalue weighted by Gasteiger charge is 2.41. The molecule has 0 bridgehead atoms. The number of carboxylic acid groups (broad SMARTS) is 1. The van der Waals surface area contributed by atoms with E-state index in [1.807, 2.05) is 20.8 Å². The van der Waals surface area contributed by atoms with Gasteiger partial charge in [0.15, 0.2) is 5.60 Å². The number of likely N-dealkylation sites (tertiary alicyclic amines) is 1. The molecule has 1 atom stereocenters. The number of ether oxygens (including phenoxy) is 1. The van der Waals surface area contributed by atoms with Crippen LogP contribution in [0.1, 0.15) is 56.5 Å². The van der Waals surface area contributed by atoms with E-state index in [-0.39, 0.29) is 24.5 Å². The van der Waals surface area contributed by atoms with Gasteiger partial charge in [-0.3, -0.25) is 9.59 Å². The number of rotatable bonds is 3. The maximum atomic E-state index is 13.6. The van der Waals surface area contributed by atoms with Gasteiger partial charge in [-0.25, -0.2) is 15.6 Å². The number of aryl methyl sites for hydroxylation is 1. The highest BCUT2D eigenvalue weighted by atomic mass is 16.5. The summed E-state index contributed by atoms with van der Waals surface area (Å²) >= 11 is 0. The van der Waals surface area contributed by atoms with Crippen LogP contribution >= 0.6 is 0 Å². The van der Waals surface area contributed by atoms with Gasteiger partial charge in [-0.2, -0.15) is 0 Å². The molecule has 2 aliphatic rings. The first-order valence-corrected chi connectivity index (χ1v) is 10.2. The second-order valence-corrected chi connectivity index (χ2v) is 8.75. The average Bonchev–Trinajstić information content (AvgIpc) is 2.65. The Hall–Kier alpha value is -2.81. The van der Waals surface area contributed by atoms with Crippen molar-refractivity contribution < 1.29 is 24.2 Å². The third kappa shape index (κ3) is 3.81. The van der Waals surface area contributed by atoms with E-state index >= 15 is 0 Å². The summed E-state index contributed by atoms with van der Waals surface area (Å²) in [4.78, 5) is 40.6. The molecule has 1 fully saturated rings. The molecule has 3 rings (SSSR count). The van der Waals surface area contributed by atoms with Crippen molar-refractivity contribution in [3.05, 3.63) is 23.3 Å². The number of hydrogen-bond donors (Lipinski definition) is 2. The first-order chi connectivity index (χ1) is 13.9. The minimum atomic E-state index is -1.09. The number of benzene rings is 1. The summed E-state index contributed by atoms with van der Waals surface area (Å²) in [6.45, 7) is 9.67. The van der Waals surface area contributed by atoms with Crippen LogP contribution in [-0.2, 0) is 4.79 Å². The van der Waals surface area contributed by atoms with E-state index in [9.17, 15) is 19.5 Å². The molecule has 9 nitrogen and oxygen atoms in total. The molecule has 3 N–H and O–H groups in total. The van der Waals surface area contributed by atoms with Crippen molar-refractivity contribution in [3.8, 4) is 5.75 Å². The van der Waals surface area contributed by atoms with Crippen LogP contribution < -0.4 is 15.6 Å². The van der Waals surface area contributed by atoms with Crippen LogP contribution in [-0.4, -0.2) is 63.6 Å². The predicted molar refractivity (Wildman–Crippen MR) is 111 cm³/mol. The summed E-state index contributed by atoms with van der Waals surface area (Å²) in [5.74, 6) is 5.85. The molecule has 0 aromatic heterocycles. The molecule has 9 heteroatoms. The van der Waals surface area contributed by atoms with Gasteiger partial charge in [0.05, 0.1) is 6.04 Å². The molecule has 2 heterocycles. The largest absolute Gasteiger partial charge is 0.476 e. The topological polar surface area (TPSA) is 116 Å². The summed E-state index contributed by atoms with van der Waals surface area (Å²) in [6, 6.07) is 2.97. The van der Waals surface area contributed by atoms with Crippen molar-refractivity contribution in [2.45, 2.75) is 65.1 Å². The number of carbonyl (C=O) groups excluding carboxylic acids is 2. The molecule has 1 aromatic rings. The number of nitrogens with zero attached hydrogens (tertiary/aromatic N) is 3. The fraction of sp³-hybridized carbons (Fsp3) is 0.571. The molecule has 2 aliphatic heterocycles. The molecule has 3 amide bonds. The number of anilines is 1. The first-order valence-electron chi connectivity index (χ1n) is 10.2. The van der Waals surface area contributed by atoms with E-state index in [4.69, 9.17) is 10.6 Å². The fourth-order valence-electron chi connectivity index (χ4n) is 4.21. The van der Waals surface area contributed by atoms with Gasteiger partial charge >= 0.3 is 6.09 Å². The zero-order chi connectivity index (χ0) is 22.4. The van der Waals surface area contributed by atoms with Gasteiger partial charge in [0.2, 0.25) is 0 Å². The lowest BCUT2D eigenvalue weighted by Crippen LogP contribution is -2.55. The Bertz CT molecular complexity index is 882. The summed E-state index contributed by atoms with van der Waals surface area (Å²) in [6.07, 6.45) is 0.457. The Morgan fingerprint density at radius 1 is 1.33 bits per heavy atom. The van der Waals surface area contributed by atoms with Crippen molar-refractivity contribution in [1.82, 2.24) is 9.80 Å². The van der Waals surface area contributed by atoms with Crippen LogP contribution in [0, 0.1) is 6.92 Å². The minimum absolute atomic E-state index is 0.127. The van der Waals surface area contributed by atoms with Crippen LogP contribution in [0.4, 0.5) is 10.5 Å². The average molecular weight is 418 g/mol. The Morgan fingerprint density at radius 3 is 2.60 bits per heavy atom. The third-order valence-electron chi connectivity index (χ3n) is 5.75. The van der Waals surface area contributed by atoms with E-state index in [2.05, 4.69) is 0 Å². The fourth-order valence-corrected chi connectivity index (χ4v) is 4.21. The molecular weight excluding hydrogens is 388 g/mol. The van der Waals surface area contributed by atoms with Gasteiger partial charge in [0.25, 0.3) is 11.8 Å². The van der Waals surface area contributed by atoms with E-state index < -0.39 is 17.6 Å². The van der Waals surface area contributed by atoms with E-state index in [0.29, 0.717) is 35.5 Å². The minimum Gasteiger partial charge on any atom is -0.476 e. The van der Waals surface area contributed by atoms with Gasteiger partial charge in [-0.15, -0.1) is 0 Å². The number of hydrazine groups is 1. The lowest BCUT2D eigenvalue weighted by molar-refractivity contribution is -0.132. The Balaban J connectivity index is 1.97. The lowest BCUT2D eigenvalue weighted by atomic mass is 9.98. The zero-order valence-electron chi connectivity index (χ0n) is 18.1. The molecule has 0 radical (unpaired) electrons. The molecule has 0 saturated carbocycles. The number of nitrogens with two attached hydrogens (primary N) is 1. The smallest absolute Gasteiger partial charge is 0.407 e. The van der Waals surface area contributed by atoms with Gasteiger partial charge in [0, 0.05) is 24.7 Å².